The minimum atomic E-state index is 0.810. The van der Waals surface area contributed by atoms with Gasteiger partial charge in [0.15, 0.2) is 5.76 Å². The van der Waals surface area contributed by atoms with E-state index in [2.05, 4.69) is 10.1 Å². The fourth-order valence-electron chi connectivity index (χ4n) is 0.674. The molecular formula is C5H4N2O. The summed E-state index contributed by atoms with van der Waals surface area (Å²) in [5, 5.41) is 2.60. The van der Waals surface area contributed by atoms with Crippen LogP contribution in [0.4, 0.5) is 0 Å². The molecule has 0 aliphatic carbocycles. The molecule has 0 aromatic carbocycles. The summed E-state index contributed by atoms with van der Waals surface area (Å²) in [6.07, 6.45) is 5.18. The number of aromatic amines is 1. The Bertz CT molecular complexity index is 202. The van der Waals surface area contributed by atoms with Gasteiger partial charge in [-0.3, -0.25) is 4.98 Å². The molecule has 0 radical (unpaired) electrons. The van der Waals surface area contributed by atoms with Gasteiger partial charge in [0.1, 0.15) is 0 Å². The number of aromatic nitrogens is 2. The third kappa shape index (κ3) is 0.307. The third-order valence-electron chi connectivity index (χ3n) is 1.07. The molecule has 0 aromatic heterocycles. The quantitative estimate of drug-likeness (QED) is 0.549. The van der Waals surface area contributed by atoms with E-state index in [0.717, 1.165) is 11.3 Å². The van der Waals surface area contributed by atoms with Crippen molar-refractivity contribution < 1.29 is 4.52 Å². The van der Waals surface area contributed by atoms with Crippen LogP contribution in [0.25, 0.3) is 11.3 Å². The summed E-state index contributed by atoms with van der Waals surface area (Å²) >= 11 is 0. The summed E-state index contributed by atoms with van der Waals surface area (Å²) in [6, 6.07) is 0. The van der Waals surface area contributed by atoms with E-state index >= 15 is 0 Å². The highest BCUT2D eigenvalue weighted by Crippen LogP contribution is 2.18. The molecule has 0 amide bonds. The van der Waals surface area contributed by atoms with E-state index in [4.69, 9.17) is 4.52 Å². The van der Waals surface area contributed by atoms with Crippen molar-refractivity contribution in [3.8, 4) is 11.3 Å². The molecule has 40 valence electrons. The maximum atomic E-state index is 4.87. The fraction of sp³-hybridized carbons (Fsp3) is 0. The Labute approximate surface area is 45.6 Å². The lowest BCUT2D eigenvalue weighted by Gasteiger charge is -1.71. The van der Waals surface area contributed by atoms with E-state index in [-0.39, 0.29) is 0 Å². The molecule has 0 saturated heterocycles. The van der Waals surface area contributed by atoms with Crippen molar-refractivity contribution in [1.29, 1.82) is 0 Å². The van der Waals surface area contributed by atoms with Gasteiger partial charge in [0, 0.05) is 12.4 Å². The predicted octanol–water partition coefficient (Wildman–Crippen LogP) is 1.11. The monoisotopic (exact) mass is 108 g/mol. The lowest BCUT2D eigenvalue weighted by molar-refractivity contribution is 0.434. The SMILES string of the molecule is c1ncc2o[nH]cc1-2. The summed E-state index contributed by atoms with van der Waals surface area (Å²) < 4.78 is 4.87. The van der Waals surface area contributed by atoms with Gasteiger partial charge in [-0.25, -0.2) is 5.16 Å². The largest absolute Gasteiger partial charge is 0.380 e. The lowest BCUT2D eigenvalue weighted by Crippen LogP contribution is -1.52. The fourth-order valence-corrected chi connectivity index (χ4v) is 0.674. The molecule has 2 rings (SSSR count). The maximum absolute atomic E-state index is 4.87. The van der Waals surface area contributed by atoms with Crippen LogP contribution in [0.15, 0.2) is 23.1 Å². The van der Waals surface area contributed by atoms with Crippen molar-refractivity contribution in [3.63, 3.8) is 0 Å². The zero-order valence-corrected chi connectivity index (χ0v) is 4.09. The first-order valence-corrected chi connectivity index (χ1v) is 2.33. The van der Waals surface area contributed by atoms with Crippen LogP contribution in [-0.4, -0.2) is 10.1 Å². The highest BCUT2D eigenvalue weighted by Gasteiger charge is 2.03. The van der Waals surface area contributed by atoms with Crippen LogP contribution in [-0.2, 0) is 0 Å². The molecule has 2 aliphatic heterocycles. The van der Waals surface area contributed by atoms with Gasteiger partial charge < -0.3 is 4.52 Å². The second-order valence-corrected chi connectivity index (χ2v) is 1.59. The normalized spacial score (nSPS) is 10.5. The number of H-pyrrole nitrogens is 1. The standard InChI is InChI=1S/C5H4N2O/c1-4-2-7-8-5(4)3-6-1/h1-3,7H. The van der Waals surface area contributed by atoms with Crippen molar-refractivity contribution in [2.24, 2.45) is 0 Å². The van der Waals surface area contributed by atoms with E-state index in [0.29, 0.717) is 0 Å². The van der Waals surface area contributed by atoms with Crippen LogP contribution in [0, 0.1) is 0 Å². The van der Waals surface area contributed by atoms with E-state index in [1.54, 1.807) is 18.6 Å². The molecule has 0 atom stereocenters. The van der Waals surface area contributed by atoms with Crippen LogP contribution < -0.4 is 0 Å². The van der Waals surface area contributed by atoms with Gasteiger partial charge in [0.2, 0.25) is 0 Å². The summed E-state index contributed by atoms with van der Waals surface area (Å²) in [5.74, 6) is 0.810. The van der Waals surface area contributed by atoms with Gasteiger partial charge in [-0.2, -0.15) is 0 Å². The zero-order chi connectivity index (χ0) is 5.40. The number of rotatable bonds is 0. The summed E-state index contributed by atoms with van der Waals surface area (Å²) in [6.45, 7) is 0. The molecule has 0 fully saturated rings. The van der Waals surface area contributed by atoms with Crippen LogP contribution in [0.1, 0.15) is 0 Å². The van der Waals surface area contributed by atoms with E-state index in [1.807, 2.05) is 0 Å². The topological polar surface area (TPSA) is 41.8 Å². The number of nitrogens with zero attached hydrogens (tertiary/aromatic N) is 1. The van der Waals surface area contributed by atoms with Crippen molar-refractivity contribution >= 4 is 0 Å². The Hall–Kier alpha value is -1.25. The van der Waals surface area contributed by atoms with Crippen molar-refractivity contribution in [1.82, 2.24) is 10.1 Å². The second-order valence-electron chi connectivity index (χ2n) is 1.59. The Morgan fingerprint density at radius 2 is 2.50 bits per heavy atom. The van der Waals surface area contributed by atoms with Crippen LogP contribution in [0.5, 0.6) is 0 Å². The number of nitrogens with one attached hydrogen (secondary N) is 1. The first-order valence-electron chi connectivity index (χ1n) is 2.33. The summed E-state index contributed by atoms with van der Waals surface area (Å²) in [5.41, 5.74) is 1.02. The lowest BCUT2D eigenvalue weighted by atomic mass is 10.3. The van der Waals surface area contributed by atoms with Gasteiger partial charge in [-0.1, -0.05) is 0 Å². The Kier molecular flexibility index (Phi) is 0.521. The molecule has 2 heterocycles. The van der Waals surface area contributed by atoms with Crippen LogP contribution >= 0.6 is 0 Å². The molecule has 0 unspecified atom stereocenters. The average molecular weight is 108 g/mol. The van der Waals surface area contributed by atoms with Gasteiger partial charge in [-0.05, 0) is 0 Å². The first kappa shape index (κ1) is 3.72. The van der Waals surface area contributed by atoms with Crippen LogP contribution in [0.2, 0.25) is 0 Å². The van der Waals surface area contributed by atoms with Crippen LogP contribution in [0.3, 0.4) is 0 Å². The van der Waals surface area contributed by atoms with E-state index in [9.17, 15) is 0 Å². The van der Waals surface area contributed by atoms with E-state index in [1.165, 1.54) is 0 Å². The van der Waals surface area contributed by atoms with Gasteiger partial charge in [-0.15, -0.1) is 0 Å². The van der Waals surface area contributed by atoms with E-state index < -0.39 is 0 Å². The first-order chi connectivity index (χ1) is 3.97. The number of hydrogen-bond donors (Lipinski definition) is 1. The molecule has 3 heteroatoms. The molecule has 8 heavy (non-hydrogen) atoms. The Morgan fingerprint density at radius 1 is 1.50 bits per heavy atom. The highest BCUT2D eigenvalue weighted by molar-refractivity contribution is 5.54. The zero-order valence-electron chi connectivity index (χ0n) is 4.09. The maximum Gasteiger partial charge on any atom is 0.183 e. The summed E-state index contributed by atoms with van der Waals surface area (Å²) in [4.78, 5) is 3.85. The number of hydrogen-bond acceptors (Lipinski definition) is 2. The second kappa shape index (κ2) is 1.12. The minimum absolute atomic E-state index is 0.810. The molecule has 0 spiro atoms. The molecule has 1 N–H and O–H groups in total. The van der Waals surface area contributed by atoms with Gasteiger partial charge in [0.05, 0.1) is 11.8 Å². The highest BCUT2D eigenvalue weighted by atomic mass is 16.5. The van der Waals surface area contributed by atoms with Gasteiger partial charge >= 0.3 is 0 Å². The molecule has 3 nitrogen and oxygen atoms in total. The average Bonchev–Trinajstić information content (AvgIpc) is 2.15. The number of fused-ring (bicyclic) bond motifs is 1. The Morgan fingerprint density at radius 3 is 3.38 bits per heavy atom. The molecule has 0 aromatic rings. The van der Waals surface area contributed by atoms with Crippen molar-refractivity contribution in [2.45, 2.75) is 0 Å². The molecule has 2 aliphatic rings. The molecule has 0 bridgehead atoms. The molecular weight excluding hydrogens is 104 g/mol. The smallest absolute Gasteiger partial charge is 0.183 e. The van der Waals surface area contributed by atoms with Crippen molar-refractivity contribution in [3.05, 3.63) is 18.6 Å². The minimum Gasteiger partial charge on any atom is -0.380 e. The molecule has 0 saturated carbocycles. The van der Waals surface area contributed by atoms with Gasteiger partial charge in [0.25, 0.3) is 0 Å². The Balaban J connectivity index is 2.84. The van der Waals surface area contributed by atoms with Crippen molar-refractivity contribution in [2.75, 3.05) is 0 Å². The summed E-state index contributed by atoms with van der Waals surface area (Å²) in [7, 11) is 0. The third-order valence-corrected chi connectivity index (χ3v) is 1.07. The predicted molar refractivity (Wildman–Crippen MR) is 27.5 cm³/mol.